The summed E-state index contributed by atoms with van der Waals surface area (Å²) in [6, 6.07) is 0. The van der Waals surface area contributed by atoms with Crippen LogP contribution >= 0.6 is 11.6 Å². The van der Waals surface area contributed by atoms with Crippen molar-refractivity contribution in [2.24, 2.45) is 0 Å². The minimum absolute atomic E-state index is 0. The maximum atomic E-state index is 9.36. The molecule has 0 rings (SSSR count). The van der Waals surface area contributed by atoms with Gasteiger partial charge >= 0.3 is 5.43 Å². The van der Waals surface area contributed by atoms with Crippen LogP contribution in [0.2, 0.25) is 0 Å². The average Bonchev–Trinajstić information content (AvgIpc) is 1.38. The molecule has 0 N–H and O–H groups in total. The van der Waals surface area contributed by atoms with Gasteiger partial charge in [0, 0.05) is 28.7 Å². The van der Waals surface area contributed by atoms with Gasteiger partial charge in [0.05, 0.1) is 7.11 Å². The van der Waals surface area contributed by atoms with Gasteiger partial charge in [-0.05, 0) is 0 Å². The smallest absolute Gasteiger partial charge is 0.403 e. The second kappa shape index (κ2) is 5.28. The zero-order valence-electron chi connectivity index (χ0n) is 3.00. The topological polar surface area (TPSA) is 26.3 Å². The molecule has 6 heavy (non-hydrogen) atoms. The van der Waals surface area contributed by atoms with E-state index in [1.54, 1.807) is 0 Å². The van der Waals surface area contributed by atoms with E-state index >= 15 is 0 Å². The zero-order valence-corrected chi connectivity index (χ0v) is 4.69. The summed E-state index contributed by atoms with van der Waals surface area (Å²) in [5.41, 5.74) is -0.773. The predicted octanol–water partition coefficient (Wildman–Crippen LogP) is 0.989. The van der Waals surface area contributed by atoms with E-state index in [-0.39, 0.29) is 17.1 Å². The molecule has 0 aliphatic rings. The number of hydrogen-bond donors (Lipinski definition) is 0. The molecule has 0 aromatic rings. The van der Waals surface area contributed by atoms with Crippen LogP contribution < -0.4 is 0 Å². The van der Waals surface area contributed by atoms with Gasteiger partial charge < -0.3 is 4.74 Å². The molecule has 41 valence electrons. The molecule has 0 aromatic heterocycles. The minimum atomic E-state index is -0.773. The summed E-state index contributed by atoms with van der Waals surface area (Å²) < 4.78 is 3.88. The summed E-state index contributed by atoms with van der Waals surface area (Å²) in [4.78, 5) is 9.36. The van der Waals surface area contributed by atoms with E-state index in [9.17, 15) is 4.79 Å². The number of ether oxygens (including phenoxy) is 1. The minimum Gasteiger partial charge on any atom is -0.457 e. The third-order valence-corrected chi connectivity index (χ3v) is 0.315. The Balaban J connectivity index is 0. The number of methoxy groups -OCH3 is 1. The Hall–Kier alpha value is 0.279. The van der Waals surface area contributed by atoms with E-state index < -0.39 is 5.43 Å². The van der Waals surface area contributed by atoms with Crippen molar-refractivity contribution in [3.8, 4) is 0 Å². The molecule has 0 heterocycles. The molecule has 2 nitrogen and oxygen atoms in total. The van der Waals surface area contributed by atoms with Gasteiger partial charge in [-0.15, -0.1) is 0 Å². The fourth-order valence-corrected chi connectivity index (χ4v) is 0. The molecule has 0 amide bonds. The molecule has 0 saturated heterocycles. The molecule has 0 aliphatic carbocycles. The Kier molecular flexibility index (Phi) is 8.41. The Morgan fingerprint density at radius 2 is 2.00 bits per heavy atom. The Labute approximate surface area is 51.3 Å². The van der Waals surface area contributed by atoms with Crippen LogP contribution in [-0.2, 0) is 21.8 Å². The van der Waals surface area contributed by atoms with Crippen LogP contribution in [0.5, 0.6) is 0 Å². The molecular weight excluding hydrogens is 155 g/mol. The van der Waals surface area contributed by atoms with E-state index in [1.807, 2.05) is 0 Å². The fraction of sp³-hybridized carbons (Fsp3) is 0.500. The molecule has 4 heteroatoms. The molecule has 0 bridgehead atoms. The first kappa shape index (κ1) is 9.56. The summed E-state index contributed by atoms with van der Waals surface area (Å²) >= 11 is 4.60. The van der Waals surface area contributed by atoms with Gasteiger partial charge in [0.2, 0.25) is 0 Å². The second-order valence-electron chi connectivity index (χ2n) is 0.442. The Bertz CT molecular complexity index is 46.8. The molecular formula is C2H3ClCuO2. The molecule has 0 fully saturated rings. The third-order valence-electron chi connectivity index (χ3n) is 0.160. The monoisotopic (exact) mass is 157 g/mol. The van der Waals surface area contributed by atoms with Crippen LogP contribution in [0.3, 0.4) is 0 Å². The molecule has 0 unspecified atom stereocenters. The van der Waals surface area contributed by atoms with Crippen molar-refractivity contribution in [2.75, 3.05) is 7.11 Å². The summed E-state index contributed by atoms with van der Waals surface area (Å²) in [7, 11) is 1.22. The quantitative estimate of drug-likeness (QED) is 0.388. The molecule has 0 atom stereocenters. The van der Waals surface area contributed by atoms with E-state index in [4.69, 9.17) is 0 Å². The van der Waals surface area contributed by atoms with Crippen LogP contribution in [0.1, 0.15) is 0 Å². The van der Waals surface area contributed by atoms with Crippen LogP contribution in [0, 0.1) is 0 Å². The summed E-state index contributed by atoms with van der Waals surface area (Å²) in [5.74, 6) is 0. The van der Waals surface area contributed by atoms with E-state index in [2.05, 4.69) is 16.3 Å². The maximum absolute atomic E-state index is 9.36. The number of carbonyl (C=O) groups excluding carboxylic acids is 1. The first-order valence-corrected chi connectivity index (χ1v) is 1.38. The van der Waals surface area contributed by atoms with Crippen LogP contribution in [-0.4, -0.2) is 12.5 Å². The molecule has 0 aliphatic heterocycles. The van der Waals surface area contributed by atoms with Crippen LogP contribution in [0.15, 0.2) is 0 Å². The van der Waals surface area contributed by atoms with Crippen LogP contribution in [0.25, 0.3) is 0 Å². The van der Waals surface area contributed by atoms with Crippen molar-refractivity contribution < 1.29 is 26.6 Å². The summed E-state index contributed by atoms with van der Waals surface area (Å²) in [6.45, 7) is 0. The molecule has 0 spiro atoms. The Morgan fingerprint density at radius 1 is 1.83 bits per heavy atom. The SMILES string of the molecule is COC(=O)Cl.[Cu]. The Morgan fingerprint density at radius 3 is 2.00 bits per heavy atom. The number of halogens is 1. The van der Waals surface area contributed by atoms with E-state index in [0.717, 1.165) is 0 Å². The van der Waals surface area contributed by atoms with Gasteiger partial charge in [-0.25, -0.2) is 4.79 Å². The number of hydrogen-bond acceptors (Lipinski definition) is 2. The average molecular weight is 158 g/mol. The van der Waals surface area contributed by atoms with Crippen molar-refractivity contribution in [1.29, 1.82) is 0 Å². The van der Waals surface area contributed by atoms with Gasteiger partial charge in [-0.2, -0.15) is 0 Å². The van der Waals surface area contributed by atoms with Crippen molar-refractivity contribution in [3.63, 3.8) is 0 Å². The van der Waals surface area contributed by atoms with Crippen LogP contribution in [0.4, 0.5) is 4.79 Å². The molecule has 0 saturated carbocycles. The third kappa shape index (κ3) is 8.86. The maximum Gasteiger partial charge on any atom is 0.403 e. The van der Waals surface area contributed by atoms with Gasteiger partial charge in [0.25, 0.3) is 0 Å². The standard InChI is InChI=1S/C2H3ClO2.Cu/c1-5-2(3)4;/h1H3;. The van der Waals surface area contributed by atoms with Gasteiger partial charge in [-0.1, -0.05) is 0 Å². The predicted molar refractivity (Wildman–Crippen MR) is 18.3 cm³/mol. The largest absolute Gasteiger partial charge is 0.457 e. The first-order chi connectivity index (χ1) is 2.27. The molecule has 1 radical (unpaired) electrons. The van der Waals surface area contributed by atoms with Crippen molar-refractivity contribution >= 4 is 17.0 Å². The zero-order chi connectivity index (χ0) is 4.28. The van der Waals surface area contributed by atoms with E-state index in [1.165, 1.54) is 7.11 Å². The normalized spacial score (nSPS) is 5.67. The van der Waals surface area contributed by atoms with E-state index in [0.29, 0.717) is 0 Å². The van der Waals surface area contributed by atoms with Gasteiger partial charge in [0.1, 0.15) is 0 Å². The molecule has 0 aromatic carbocycles. The number of carbonyl (C=O) groups is 1. The summed E-state index contributed by atoms with van der Waals surface area (Å²) in [6.07, 6.45) is 0. The van der Waals surface area contributed by atoms with Crippen molar-refractivity contribution in [2.45, 2.75) is 0 Å². The second-order valence-corrected chi connectivity index (χ2v) is 0.750. The van der Waals surface area contributed by atoms with Crippen molar-refractivity contribution in [1.82, 2.24) is 0 Å². The fourth-order valence-electron chi connectivity index (χ4n) is 0. The van der Waals surface area contributed by atoms with Gasteiger partial charge in [0.15, 0.2) is 0 Å². The summed E-state index contributed by atoms with van der Waals surface area (Å²) in [5, 5.41) is 0. The van der Waals surface area contributed by atoms with Crippen molar-refractivity contribution in [3.05, 3.63) is 0 Å². The van der Waals surface area contributed by atoms with Gasteiger partial charge in [-0.3, -0.25) is 0 Å². The first-order valence-electron chi connectivity index (χ1n) is 1.01. The number of rotatable bonds is 0.